The van der Waals surface area contributed by atoms with Crippen LogP contribution in [0.1, 0.15) is 142 Å². The van der Waals surface area contributed by atoms with Gasteiger partial charge in [-0.3, -0.25) is 42.9 Å². The number of benzene rings is 4. The minimum absolute atomic E-state index is 0.0980. The second-order valence-electron chi connectivity index (χ2n) is 32.6. The van der Waals surface area contributed by atoms with Gasteiger partial charge in [0.15, 0.2) is 5.69 Å². The summed E-state index contributed by atoms with van der Waals surface area (Å²) < 4.78 is 80.2. The molecule has 31 heteroatoms. The summed E-state index contributed by atoms with van der Waals surface area (Å²) >= 11 is 0. The van der Waals surface area contributed by atoms with E-state index >= 15 is 0 Å². The molecule has 8 aromatic heterocycles. The molecule has 118 heavy (non-hydrogen) atoms. The van der Waals surface area contributed by atoms with E-state index < -0.39 is 23.4 Å². The number of nitrogens with two attached hydrogens (primary N) is 1. The van der Waals surface area contributed by atoms with Crippen LogP contribution in [0.4, 0.5) is 37.2 Å². The number of pyridine rings is 4. The van der Waals surface area contributed by atoms with Crippen molar-refractivity contribution >= 4 is 95.7 Å². The van der Waals surface area contributed by atoms with E-state index in [-0.39, 0.29) is 51.3 Å². The van der Waals surface area contributed by atoms with Gasteiger partial charge in [-0.05, 0) is 239 Å². The number of ether oxygens (including phenoxy) is 8. The summed E-state index contributed by atoms with van der Waals surface area (Å²) in [4.78, 5) is 65.2. The predicted octanol–water partition coefficient (Wildman–Crippen LogP) is 14.7. The maximum Gasteiger partial charge on any atom is 0.276 e. The number of anilines is 5. The van der Waals surface area contributed by atoms with Gasteiger partial charge in [0.05, 0.1) is 117 Å². The monoisotopic (exact) mass is 1610 g/mol. The number of halogens is 2. The molecule has 16 rings (SSSR count). The molecule has 4 aromatic carbocycles. The van der Waals surface area contributed by atoms with Crippen LogP contribution in [-0.2, 0) is 47.1 Å². The number of rotatable bonds is 20. The van der Waals surface area contributed by atoms with E-state index in [1.54, 1.807) is 73.6 Å². The molecule has 4 aliphatic heterocycles. The molecule has 4 atom stereocenters. The summed E-state index contributed by atoms with van der Waals surface area (Å²) in [5.41, 5.74) is 12.5. The number of carbonyl (C=O) groups excluding carboxylic acids is 4. The van der Waals surface area contributed by atoms with Crippen LogP contribution in [0, 0.1) is 35.3 Å². The quantitative estimate of drug-likeness (QED) is 0.0473. The van der Waals surface area contributed by atoms with Crippen LogP contribution in [0.15, 0.2) is 152 Å². The SMILES string of the molecule is Cn1nc(OCC2CCOC(C)(C)C2)c2ccc(NC(=O)c3ccc(F)cn3)cc21.Cn1nc(OCC2CCOC(C)(C)C2)c2ccc(NC(=O)c3ccccn3)cc21.Cn1nc(OCC2CCOC(C)(C)C2)c2ccc(NC(=O)c3ncccc3N)cc21.Cn1nc(OCC2COC(C)(C)C2)c2ccc(NC(=O)c3ccc(F)cn3)cc21. The zero-order valence-electron chi connectivity index (χ0n) is 68.4. The van der Waals surface area contributed by atoms with Crippen LogP contribution in [0.2, 0.25) is 0 Å². The lowest BCUT2D eigenvalue weighted by molar-refractivity contribution is -0.0789. The fraction of sp³-hybridized carbons (Fsp3) is 0.402. The van der Waals surface area contributed by atoms with Crippen molar-refractivity contribution in [2.75, 3.05) is 79.9 Å². The molecule has 4 unspecified atom stereocenters. The molecule has 0 radical (unpaired) electrons. The average molecular weight is 1610 g/mol. The number of nitrogens with one attached hydrogen (secondary N) is 4. The Kier molecular flexibility index (Phi) is 25.7. The molecular weight excluding hydrogens is 1510 g/mol. The number of amides is 4. The first kappa shape index (κ1) is 83.9. The van der Waals surface area contributed by atoms with E-state index in [0.717, 1.165) is 121 Å². The van der Waals surface area contributed by atoms with Gasteiger partial charge < -0.3 is 64.9 Å². The first-order chi connectivity index (χ1) is 56.3. The summed E-state index contributed by atoms with van der Waals surface area (Å²) in [5, 5.41) is 32.8. The standard InChI is InChI=1S/C22H25FN4O3.C22H27N5O3.C22H26N4O3.C21H23FN4O3/c1-22(2)11-14(8-9-30-22)13-29-21-17-6-5-16(10-19(17)27(3)26-21)25-20(28)18-7-4-15(23)12-24-18;1-22(2)12-14(8-10-30-22)13-29-21-16-7-6-15(11-18(16)27(3)26-21)25-20(28)19-17(23)5-4-9-24-19;1-22(2)13-15(9-11-29-22)14-28-21-17-8-7-16(12-19(17)26(3)25-21)24-20(27)18-6-4-5-10-23-18;1-21(2)9-13(12-29-21)11-28-20-16-6-5-15(8-18(16)26(3)25-20)24-19(27)17-7-4-14(22)10-23-17/h4-7,10,12,14H,8-9,11,13H2,1-3H3,(H,25,28);4-7,9,11,14H,8,10,12-13,23H2,1-3H3,(H,25,28);4-8,10,12,15H,9,11,13-14H2,1-3H3,(H,24,27);4-8,10,13H,9,11-12H2,1-3H3,(H,24,27). The third kappa shape index (κ3) is 21.6. The van der Waals surface area contributed by atoms with Crippen LogP contribution in [0.5, 0.6) is 23.5 Å². The summed E-state index contributed by atoms with van der Waals surface area (Å²) in [7, 11) is 7.39. The molecule has 4 saturated heterocycles. The Labute approximate surface area is 682 Å². The van der Waals surface area contributed by atoms with Crippen molar-refractivity contribution in [3.8, 4) is 23.5 Å². The van der Waals surface area contributed by atoms with Gasteiger partial charge in [-0.15, -0.1) is 20.4 Å². The normalized spacial score (nSPS) is 18.3. The van der Waals surface area contributed by atoms with Crippen LogP contribution in [-0.4, -0.2) is 158 Å². The number of nitrogen functional groups attached to an aromatic ring is 1. The number of hydrogen-bond acceptors (Lipinski definition) is 21. The van der Waals surface area contributed by atoms with E-state index in [9.17, 15) is 28.0 Å². The van der Waals surface area contributed by atoms with Gasteiger partial charge in [0, 0.05) is 89.1 Å². The Morgan fingerprint density at radius 1 is 0.407 bits per heavy atom. The van der Waals surface area contributed by atoms with Gasteiger partial charge in [-0.25, -0.2) is 23.7 Å². The minimum Gasteiger partial charge on any atom is -0.476 e. The lowest BCUT2D eigenvalue weighted by Crippen LogP contribution is -2.36. The maximum atomic E-state index is 13.0. The van der Waals surface area contributed by atoms with Crippen molar-refractivity contribution < 1.29 is 65.9 Å². The summed E-state index contributed by atoms with van der Waals surface area (Å²) in [6.07, 6.45) is 12.0. The number of aryl methyl sites for hydroxylation is 4. The van der Waals surface area contributed by atoms with Crippen molar-refractivity contribution in [3.05, 3.63) is 187 Å². The van der Waals surface area contributed by atoms with Crippen LogP contribution < -0.4 is 45.9 Å². The molecule has 12 aromatic rings. The van der Waals surface area contributed by atoms with Crippen molar-refractivity contribution in [3.63, 3.8) is 0 Å². The number of hydrogen-bond donors (Lipinski definition) is 5. The van der Waals surface area contributed by atoms with Crippen molar-refractivity contribution in [2.45, 2.75) is 123 Å². The van der Waals surface area contributed by atoms with Gasteiger partial charge in [0.25, 0.3) is 23.6 Å². The Bertz CT molecular complexity index is 5560. The van der Waals surface area contributed by atoms with Crippen molar-refractivity contribution in [1.29, 1.82) is 0 Å². The maximum absolute atomic E-state index is 13.0. The van der Waals surface area contributed by atoms with E-state index in [1.807, 2.05) is 88.9 Å². The summed E-state index contributed by atoms with van der Waals surface area (Å²) in [6.45, 7) is 22.2. The molecule has 0 aliphatic carbocycles. The first-order valence-corrected chi connectivity index (χ1v) is 39.4. The lowest BCUT2D eigenvalue weighted by Gasteiger charge is -2.35. The van der Waals surface area contributed by atoms with Crippen molar-refractivity contribution in [1.82, 2.24) is 59.1 Å². The Hall–Kier alpha value is -12.1. The molecular formula is C87H101F2N17O12. The average Bonchev–Trinajstić information content (AvgIpc) is 1.65. The largest absolute Gasteiger partial charge is 0.476 e. The third-order valence-electron chi connectivity index (χ3n) is 20.9. The number of fused-ring (bicyclic) bond motifs is 4. The van der Waals surface area contributed by atoms with Gasteiger partial charge >= 0.3 is 0 Å². The Morgan fingerprint density at radius 3 is 1.05 bits per heavy atom. The van der Waals surface area contributed by atoms with Crippen LogP contribution >= 0.6 is 0 Å². The highest BCUT2D eigenvalue weighted by Gasteiger charge is 2.35. The molecule has 4 fully saturated rings. The zero-order valence-corrected chi connectivity index (χ0v) is 68.4. The van der Waals surface area contributed by atoms with Gasteiger partial charge in [-0.1, -0.05) is 6.07 Å². The second kappa shape index (κ2) is 36.2. The Morgan fingerprint density at radius 2 is 0.737 bits per heavy atom. The predicted molar refractivity (Wildman–Crippen MR) is 444 cm³/mol. The Balaban J connectivity index is 0.000000136. The van der Waals surface area contributed by atoms with Gasteiger partial charge in [0.2, 0.25) is 23.5 Å². The third-order valence-corrected chi connectivity index (χ3v) is 20.9. The van der Waals surface area contributed by atoms with E-state index in [4.69, 9.17) is 43.6 Å². The zero-order chi connectivity index (χ0) is 83.6. The fourth-order valence-corrected chi connectivity index (χ4v) is 15.1. The first-order valence-electron chi connectivity index (χ1n) is 39.4. The molecule has 4 aliphatic rings. The van der Waals surface area contributed by atoms with E-state index in [2.05, 4.69) is 117 Å². The second-order valence-corrected chi connectivity index (χ2v) is 32.6. The summed E-state index contributed by atoms with van der Waals surface area (Å²) in [5.74, 6) is 1.62. The lowest BCUT2D eigenvalue weighted by atomic mass is 9.89. The van der Waals surface area contributed by atoms with Crippen molar-refractivity contribution in [2.24, 2.45) is 51.9 Å². The highest BCUT2D eigenvalue weighted by Crippen LogP contribution is 2.38. The fourth-order valence-electron chi connectivity index (χ4n) is 15.1. The van der Waals surface area contributed by atoms with E-state index in [1.165, 1.54) is 24.3 Å². The molecule has 6 N–H and O–H groups in total. The molecule has 0 saturated carbocycles. The molecule has 0 spiro atoms. The van der Waals surface area contributed by atoms with Crippen LogP contribution in [0.25, 0.3) is 43.6 Å². The molecule has 29 nitrogen and oxygen atoms in total. The molecule has 12 heterocycles. The molecule has 0 bridgehead atoms. The number of carbonyl (C=O) groups is 4. The molecule has 4 amide bonds. The topological polar surface area (TPSA) is 339 Å². The smallest absolute Gasteiger partial charge is 0.276 e. The highest BCUT2D eigenvalue weighted by atomic mass is 19.1. The number of nitrogens with zero attached hydrogens (tertiary/aromatic N) is 12. The van der Waals surface area contributed by atoms with Gasteiger partial charge in [0.1, 0.15) is 28.7 Å². The minimum atomic E-state index is -0.488. The van der Waals surface area contributed by atoms with E-state index in [0.29, 0.717) is 114 Å². The summed E-state index contributed by atoms with van der Waals surface area (Å²) in [6, 6.07) is 35.9. The number of aromatic nitrogens is 12. The van der Waals surface area contributed by atoms with Crippen LogP contribution in [0.3, 0.4) is 0 Å². The highest BCUT2D eigenvalue weighted by molar-refractivity contribution is 6.08. The van der Waals surface area contributed by atoms with Gasteiger partial charge in [-0.2, -0.15) is 0 Å². The molecule has 620 valence electrons.